The number of carbonyl (C=O) groups is 1. The molecule has 2 N–H and O–H groups in total. The summed E-state index contributed by atoms with van der Waals surface area (Å²) >= 11 is 0. The van der Waals surface area contributed by atoms with Gasteiger partial charge in [-0.25, -0.2) is 9.38 Å². The van der Waals surface area contributed by atoms with Crippen molar-refractivity contribution >= 4 is 12.2 Å². The number of aliphatic imine (C=N–C) groups is 1. The number of rotatable bonds is 7. The Hall–Kier alpha value is -3.03. The molecule has 0 aromatic heterocycles. The molecule has 1 amide bonds. The Balaban J connectivity index is 1.96. The zero-order chi connectivity index (χ0) is 26.7. The molecular formula is C23H22F7N3O3. The van der Waals surface area contributed by atoms with Gasteiger partial charge in [-0.1, -0.05) is 12.1 Å². The first kappa shape index (κ1) is 27.6. The van der Waals surface area contributed by atoms with Gasteiger partial charge >= 0.3 is 12.4 Å². The van der Waals surface area contributed by atoms with Gasteiger partial charge in [0.15, 0.2) is 6.29 Å². The first-order chi connectivity index (χ1) is 16.8. The average Bonchev–Trinajstić information content (AvgIpc) is 2.79. The molecule has 1 heterocycles. The van der Waals surface area contributed by atoms with Crippen molar-refractivity contribution in [2.45, 2.75) is 37.7 Å². The van der Waals surface area contributed by atoms with Crippen molar-refractivity contribution in [2.24, 2.45) is 10.7 Å². The molecule has 2 aromatic rings. The third-order valence-corrected chi connectivity index (χ3v) is 5.52. The Labute approximate surface area is 201 Å². The highest BCUT2D eigenvalue weighted by Gasteiger charge is 2.39. The molecule has 0 spiro atoms. The van der Waals surface area contributed by atoms with Crippen molar-refractivity contribution in [3.63, 3.8) is 0 Å². The van der Waals surface area contributed by atoms with Gasteiger partial charge in [0.25, 0.3) is 0 Å². The summed E-state index contributed by atoms with van der Waals surface area (Å²) in [6.07, 6.45) is -12.2. The van der Waals surface area contributed by atoms with Crippen molar-refractivity contribution in [1.29, 1.82) is 0 Å². The van der Waals surface area contributed by atoms with E-state index in [1.165, 1.54) is 31.2 Å². The van der Waals surface area contributed by atoms with E-state index in [9.17, 15) is 35.5 Å². The normalized spacial score (nSPS) is 20.8. The lowest BCUT2D eigenvalue weighted by Crippen LogP contribution is -2.49. The van der Waals surface area contributed by atoms with E-state index in [0.29, 0.717) is 17.7 Å². The summed E-state index contributed by atoms with van der Waals surface area (Å²) in [5.41, 5.74) is 2.93. The number of benzene rings is 2. The van der Waals surface area contributed by atoms with Crippen LogP contribution in [0.15, 0.2) is 47.5 Å². The highest BCUT2D eigenvalue weighted by atomic mass is 19.4. The molecule has 36 heavy (non-hydrogen) atoms. The molecular weight excluding hydrogens is 499 g/mol. The Morgan fingerprint density at radius 3 is 2.25 bits per heavy atom. The van der Waals surface area contributed by atoms with Crippen LogP contribution in [0.1, 0.15) is 41.3 Å². The first-order valence-electron chi connectivity index (χ1n) is 10.6. The quantitative estimate of drug-likeness (QED) is 0.244. The Bertz CT molecular complexity index is 1060. The number of nitrogens with zero attached hydrogens (tertiary/aromatic N) is 2. The van der Waals surface area contributed by atoms with Crippen molar-refractivity contribution < 1.29 is 45.0 Å². The average molecular weight is 521 g/mol. The van der Waals surface area contributed by atoms with Crippen LogP contribution >= 0.6 is 0 Å². The maximum atomic E-state index is 13.5. The van der Waals surface area contributed by atoms with Crippen molar-refractivity contribution in [2.75, 3.05) is 19.7 Å². The van der Waals surface area contributed by atoms with Crippen molar-refractivity contribution in [3.8, 4) is 0 Å². The minimum absolute atomic E-state index is 0.0276. The summed E-state index contributed by atoms with van der Waals surface area (Å²) in [6, 6.07) is 5.62. The van der Waals surface area contributed by atoms with E-state index in [0.717, 1.165) is 0 Å². The Morgan fingerprint density at radius 2 is 1.72 bits per heavy atom. The number of hydrogen-bond donors (Lipinski definition) is 1. The third kappa shape index (κ3) is 6.80. The van der Waals surface area contributed by atoms with Crippen LogP contribution in [0.2, 0.25) is 0 Å². The van der Waals surface area contributed by atoms with Gasteiger partial charge in [0.05, 0.1) is 36.4 Å². The molecule has 1 aliphatic heterocycles. The standard InChI is InChI=1S/C23H22F7N3O3/c1-13(15-8-16(22(25,26)27)10-17(9-15)23(28,29)30)36-21-20(14-2-4-18(24)5-3-14)33(6-7-35-21)11-19(31)32-12-34/h2-5,8-10,12-13,20-21H,6-7,11H2,1H3,(H2,31,32,34)/t13-,20?,21?/m1/s1. The van der Waals surface area contributed by atoms with Crippen LogP contribution in [-0.2, 0) is 26.6 Å². The number of nitrogens with two attached hydrogens (primary N) is 1. The van der Waals surface area contributed by atoms with E-state index in [-0.39, 0.29) is 43.6 Å². The molecule has 13 heteroatoms. The van der Waals surface area contributed by atoms with E-state index in [1.54, 1.807) is 4.90 Å². The van der Waals surface area contributed by atoms with Crippen LogP contribution in [0.3, 0.4) is 0 Å². The zero-order valence-electron chi connectivity index (χ0n) is 18.8. The maximum absolute atomic E-state index is 13.5. The van der Waals surface area contributed by atoms with E-state index in [2.05, 4.69) is 4.99 Å². The predicted molar refractivity (Wildman–Crippen MR) is 114 cm³/mol. The molecule has 6 nitrogen and oxygen atoms in total. The lowest BCUT2D eigenvalue weighted by molar-refractivity contribution is -0.227. The van der Waals surface area contributed by atoms with Gasteiger partial charge in [-0.2, -0.15) is 26.3 Å². The molecule has 3 atom stereocenters. The maximum Gasteiger partial charge on any atom is 0.416 e. The second kappa shape index (κ2) is 10.9. The number of alkyl halides is 6. The fraction of sp³-hybridized carbons (Fsp3) is 0.391. The molecule has 0 bridgehead atoms. The summed E-state index contributed by atoms with van der Waals surface area (Å²) in [6.45, 7) is 1.61. The third-order valence-electron chi connectivity index (χ3n) is 5.52. The van der Waals surface area contributed by atoms with Gasteiger partial charge in [-0.3, -0.25) is 9.69 Å². The smallest absolute Gasteiger partial charge is 0.386 e. The lowest BCUT2D eigenvalue weighted by Gasteiger charge is -2.41. The molecule has 3 rings (SSSR count). The van der Waals surface area contributed by atoms with Crippen LogP contribution in [0, 0.1) is 5.82 Å². The van der Waals surface area contributed by atoms with Crippen LogP contribution < -0.4 is 5.73 Å². The molecule has 0 aliphatic carbocycles. The molecule has 0 radical (unpaired) electrons. The number of amides is 1. The Morgan fingerprint density at radius 1 is 1.14 bits per heavy atom. The largest absolute Gasteiger partial charge is 0.416 e. The molecule has 0 saturated carbocycles. The molecule has 1 saturated heterocycles. The van der Waals surface area contributed by atoms with E-state index >= 15 is 0 Å². The van der Waals surface area contributed by atoms with Crippen molar-refractivity contribution in [1.82, 2.24) is 4.90 Å². The number of morpholine rings is 1. The number of ether oxygens (including phenoxy) is 2. The summed E-state index contributed by atoms with van der Waals surface area (Å²) in [5.74, 6) is -0.572. The van der Waals surface area contributed by atoms with E-state index < -0.39 is 47.7 Å². The van der Waals surface area contributed by atoms with Crippen LogP contribution in [-0.4, -0.2) is 43.1 Å². The molecule has 2 aromatic carbocycles. The summed E-state index contributed by atoms with van der Waals surface area (Å²) < 4.78 is 105. The second-order valence-corrected chi connectivity index (χ2v) is 8.05. The number of hydrogen-bond acceptors (Lipinski definition) is 4. The van der Waals surface area contributed by atoms with E-state index in [1.807, 2.05) is 0 Å². The summed E-state index contributed by atoms with van der Waals surface area (Å²) in [4.78, 5) is 15.8. The number of carbonyl (C=O) groups excluding carboxylic acids is 1. The lowest BCUT2D eigenvalue weighted by atomic mass is 10.0. The minimum Gasteiger partial charge on any atom is -0.386 e. The minimum atomic E-state index is -5.01. The first-order valence-corrected chi connectivity index (χ1v) is 10.6. The van der Waals surface area contributed by atoms with E-state index in [4.69, 9.17) is 15.2 Å². The molecule has 196 valence electrons. The topological polar surface area (TPSA) is 77.2 Å². The van der Waals surface area contributed by atoms with Gasteiger partial charge in [0.2, 0.25) is 6.41 Å². The monoisotopic (exact) mass is 521 g/mol. The van der Waals surface area contributed by atoms with Gasteiger partial charge in [0, 0.05) is 6.54 Å². The molecule has 2 unspecified atom stereocenters. The van der Waals surface area contributed by atoms with Gasteiger partial charge in [0.1, 0.15) is 11.7 Å². The Kier molecular flexibility index (Phi) is 8.37. The van der Waals surface area contributed by atoms with Crippen LogP contribution in [0.25, 0.3) is 0 Å². The highest BCUT2D eigenvalue weighted by molar-refractivity contribution is 5.87. The SMILES string of the molecule is C[C@@H](OC1OCCN(CC(N)=NC=O)C1c1ccc(F)cc1)c1cc(C(F)(F)F)cc(C(F)(F)F)c1. The van der Waals surface area contributed by atoms with Gasteiger partial charge in [-0.05, 0) is 48.4 Å². The van der Waals surface area contributed by atoms with Crippen molar-refractivity contribution in [3.05, 3.63) is 70.5 Å². The zero-order valence-corrected chi connectivity index (χ0v) is 18.8. The summed E-state index contributed by atoms with van der Waals surface area (Å²) in [7, 11) is 0. The molecule has 1 fully saturated rings. The van der Waals surface area contributed by atoms with Gasteiger partial charge < -0.3 is 15.2 Å². The number of amidine groups is 1. The second-order valence-electron chi connectivity index (χ2n) is 8.05. The predicted octanol–water partition coefficient (Wildman–Crippen LogP) is 4.85. The van der Waals surface area contributed by atoms with Crippen LogP contribution in [0.4, 0.5) is 30.7 Å². The van der Waals surface area contributed by atoms with Gasteiger partial charge in [-0.15, -0.1) is 0 Å². The summed E-state index contributed by atoms with van der Waals surface area (Å²) in [5, 5.41) is 0. The molecule has 1 aliphatic rings. The number of halogens is 7. The fourth-order valence-corrected chi connectivity index (χ4v) is 3.82. The highest BCUT2D eigenvalue weighted by Crippen LogP contribution is 2.39. The van der Waals surface area contributed by atoms with Crippen LogP contribution in [0.5, 0.6) is 0 Å². The fourth-order valence-electron chi connectivity index (χ4n) is 3.82.